The molecule has 34 heavy (non-hydrogen) atoms. The molecule has 0 saturated carbocycles. The summed E-state index contributed by atoms with van der Waals surface area (Å²) < 4.78 is 5.28. The van der Waals surface area contributed by atoms with E-state index in [2.05, 4.69) is 10.2 Å². The third-order valence-corrected chi connectivity index (χ3v) is 7.54. The van der Waals surface area contributed by atoms with E-state index in [0.29, 0.717) is 31.5 Å². The van der Waals surface area contributed by atoms with Crippen LogP contribution in [0, 0.1) is 5.92 Å². The Bertz CT molecular complexity index is 846. The van der Waals surface area contributed by atoms with Crippen LogP contribution in [0.5, 0.6) is 0 Å². The zero-order valence-electron chi connectivity index (χ0n) is 20.3. The van der Waals surface area contributed by atoms with E-state index in [4.69, 9.17) is 4.74 Å². The highest BCUT2D eigenvalue weighted by molar-refractivity contribution is 6.04. The lowest BCUT2D eigenvalue weighted by Gasteiger charge is -2.45. The molecule has 1 aromatic carbocycles. The van der Waals surface area contributed by atoms with Crippen LogP contribution in [0.2, 0.25) is 0 Å². The van der Waals surface area contributed by atoms with Crippen molar-refractivity contribution in [3.63, 3.8) is 0 Å². The van der Waals surface area contributed by atoms with E-state index in [9.17, 15) is 14.4 Å². The Hall–Kier alpha value is -2.45. The van der Waals surface area contributed by atoms with Crippen LogP contribution < -0.4 is 5.32 Å². The number of hydrogen-bond acceptors (Lipinski definition) is 5. The fourth-order valence-electron chi connectivity index (χ4n) is 5.71. The first-order valence-corrected chi connectivity index (χ1v) is 12.7. The van der Waals surface area contributed by atoms with Crippen molar-refractivity contribution in [2.45, 2.75) is 63.6 Å². The molecule has 0 bridgehead atoms. The molecule has 3 fully saturated rings. The average molecular weight is 471 g/mol. The molecule has 0 spiro atoms. The molecular weight excluding hydrogens is 432 g/mol. The van der Waals surface area contributed by atoms with Crippen LogP contribution in [0.15, 0.2) is 30.3 Å². The summed E-state index contributed by atoms with van der Waals surface area (Å²) >= 11 is 0. The fourth-order valence-corrected chi connectivity index (χ4v) is 5.71. The molecular formula is C26H38N4O4. The maximum atomic E-state index is 13.2. The lowest BCUT2D eigenvalue weighted by atomic mass is 9.83. The summed E-state index contributed by atoms with van der Waals surface area (Å²) in [4.78, 5) is 44.2. The zero-order valence-corrected chi connectivity index (χ0v) is 20.3. The zero-order chi connectivity index (χ0) is 23.9. The highest BCUT2D eigenvalue weighted by atomic mass is 16.5. The van der Waals surface area contributed by atoms with Gasteiger partial charge in [0.05, 0.1) is 13.2 Å². The van der Waals surface area contributed by atoms with Crippen LogP contribution in [-0.4, -0.2) is 84.5 Å². The molecule has 8 nitrogen and oxygen atoms in total. The van der Waals surface area contributed by atoms with E-state index in [1.165, 1.54) is 43.7 Å². The quantitative estimate of drug-likeness (QED) is 0.532. The Kier molecular flexibility index (Phi) is 8.56. The van der Waals surface area contributed by atoms with Crippen molar-refractivity contribution in [1.29, 1.82) is 0 Å². The van der Waals surface area contributed by atoms with Gasteiger partial charge in [-0.15, -0.1) is 0 Å². The van der Waals surface area contributed by atoms with Gasteiger partial charge in [0.25, 0.3) is 5.91 Å². The predicted molar refractivity (Wildman–Crippen MR) is 129 cm³/mol. The van der Waals surface area contributed by atoms with Gasteiger partial charge in [-0.3, -0.25) is 14.5 Å². The molecule has 0 radical (unpaired) electrons. The summed E-state index contributed by atoms with van der Waals surface area (Å²) in [6.45, 7) is 4.40. The Morgan fingerprint density at radius 3 is 2.71 bits per heavy atom. The number of methoxy groups -OCH3 is 1. The average Bonchev–Trinajstić information content (AvgIpc) is 3.13. The van der Waals surface area contributed by atoms with Crippen LogP contribution in [-0.2, 0) is 20.9 Å². The normalized spacial score (nSPS) is 25.2. The highest BCUT2D eigenvalue weighted by Crippen LogP contribution is 2.31. The minimum absolute atomic E-state index is 0.0357. The van der Waals surface area contributed by atoms with Crippen LogP contribution in [0.1, 0.15) is 50.5 Å². The first-order chi connectivity index (χ1) is 16.6. The molecule has 1 N–H and O–H groups in total. The standard InChI is InChI=1S/C26H38N4O4/c1-34-17-16-29(19-21-10-7-15-28-14-6-5-11-23(21)28)24(31)13-12-22-25(32)30(26(33)27-22)18-20-8-3-2-4-9-20/h2-4,8-9,21-23H,5-7,10-19H2,1H3,(H,27,33)/t21-,22-,23+/m0/s1. The summed E-state index contributed by atoms with van der Waals surface area (Å²) in [5.41, 5.74) is 0.901. The maximum Gasteiger partial charge on any atom is 0.325 e. The number of nitrogens with one attached hydrogen (secondary N) is 1. The number of urea groups is 1. The second kappa shape index (κ2) is 11.8. The van der Waals surface area contributed by atoms with E-state index in [1.807, 2.05) is 35.2 Å². The SMILES string of the molecule is COCCN(C[C@@H]1CCCN2CCCC[C@H]12)C(=O)CC[C@@H]1NC(=O)N(Cc2ccccc2)C1=O. The number of amides is 4. The smallest absolute Gasteiger partial charge is 0.325 e. The molecule has 1 aromatic rings. The third kappa shape index (κ3) is 5.96. The number of carbonyl (C=O) groups excluding carboxylic acids is 3. The van der Waals surface area contributed by atoms with Crippen LogP contribution >= 0.6 is 0 Å². The first-order valence-electron chi connectivity index (χ1n) is 12.7. The summed E-state index contributed by atoms with van der Waals surface area (Å²) in [6.07, 6.45) is 6.66. The summed E-state index contributed by atoms with van der Waals surface area (Å²) in [5.74, 6) is 0.271. The fraction of sp³-hybridized carbons (Fsp3) is 0.654. The van der Waals surface area contributed by atoms with Crippen LogP contribution in [0.4, 0.5) is 4.79 Å². The second-order valence-electron chi connectivity index (χ2n) is 9.78. The molecule has 3 aliphatic rings. The second-order valence-corrected chi connectivity index (χ2v) is 9.78. The molecule has 3 heterocycles. The van der Waals surface area contributed by atoms with Crippen LogP contribution in [0.25, 0.3) is 0 Å². The van der Waals surface area contributed by atoms with Gasteiger partial charge in [-0.1, -0.05) is 36.8 Å². The number of fused-ring (bicyclic) bond motifs is 1. The Balaban J connectivity index is 1.32. The largest absolute Gasteiger partial charge is 0.383 e. The van der Waals surface area contributed by atoms with E-state index in [-0.39, 0.29) is 30.8 Å². The minimum atomic E-state index is -0.645. The van der Waals surface area contributed by atoms with Crippen molar-refractivity contribution < 1.29 is 19.1 Å². The number of hydrogen-bond donors (Lipinski definition) is 1. The van der Waals surface area contributed by atoms with Gasteiger partial charge in [-0.2, -0.15) is 0 Å². The molecule has 3 saturated heterocycles. The molecule has 0 aromatic heterocycles. The molecule has 0 unspecified atom stereocenters. The van der Waals surface area contributed by atoms with Gasteiger partial charge < -0.3 is 19.9 Å². The number of rotatable bonds is 10. The Labute approximate surface area is 202 Å². The van der Waals surface area contributed by atoms with Crippen molar-refractivity contribution in [2.75, 3.05) is 39.9 Å². The number of benzene rings is 1. The Morgan fingerprint density at radius 1 is 1.12 bits per heavy atom. The number of ether oxygens (including phenoxy) is 1. The molecule has 4 amide bonds. The van der Waals surface area contributed by atoms with Crippen LogP contribution in [0.3, 0.4) is 0 Å². The number of nitrogens with zero attached hydrogens (tertiary/aromatic N) is 3. The van der Waals surface area contributed by atoms with Gasteiger partial charge in [0.2, 0.25) is 5.91 Å². The molecule has 3 atom stereocenters. The molecule has 8 heteroatoms. The lowest BCUT2D eigenvalue weighted by Crippen LogP contribution is -2.52. The summed E-state index contributed by atoms with van der Waals surface area (Å²) in [5, 5.41) is 2.77. The van der Waals surface area contributed by atoms with Gasteiger partial charge in [-0.05, 0) is 56.7 Å². The highest BCUT2D eigenvalue weighted by Gasteiger charge is 2.39. The third-order valence-electron chi connectivity index (χ3n) is 7.54. The first kappa shape index (κ1) is 24.7. The van der Waals surface area contributed by atoms with E-state index in [0.717, 1.165) is 18.5 Å². The van der Waals surface area contributed by atoms with Gasteiger partial charge in [0.15, 0.2) is 0 Å². The number of imide groups is 1. The van der Waals surface area contributed by atoms with Gasteiger partial charge in [-0.25, -0.2) is 4.79 Å². The Morgan fingerprint density at radius 2 is 1.91 bits per heavy atom. The summed E-state index contributed by atoms with van der Waals surface area (Å²) in [6, 6.07) is 9.00. The van der Waals surface area contributed by atoms with Crippen molar-refractivity contribution in [3.05, 3.63) is 35.9 Å². The minimum Gasteiger partial charge on any atom is -0.383 e. The van der Waals surface area contributed by atoms with Gasteiger partial charge in [0, 0.05) is 32.7 Å². The topological polar surface area (TPSA) is 82.2 Å². The lowest BCUT2D eigenvalue weighted by molar-refractivity contribution is -0.134. The maximum absolute atomic E-state index is 13.2. The molecule has 3 aliphatic heterocycles. The molecule has 0 aliphatic carbocycles. The van der Waals surface area contributed by atoms with Crippen molar-refractivity contribution >= 4 is 17.8 Å². The van der Waals surface area contributed by atoms with Crippen molar-refractivity contribution in [1.82, 2.24) is 20.0 Å². The molecule has 4 rings (SSSR count). The molecule has 186 valence electrons. The van der Waals surface area contributed by atoms with Gasteiger partial charge in [0.1, 0.15) is 6.04 Å². The van der Waals surface area contributed by atoms with Crippen molar-refractivity contribution in [2.24, 2.45) is 5.92 Å². The van der Waals surface area contributed by atoms with E-state index < -0.39 is 6.04 Å². The monoisotopic (exact) mass is 470 g/mol. The number of piperidine rings is 2. The number of carbonyl (C=O) groups is 3. The summed E-state index contributed by atoms with van der Waals surface area (Å²) in [7, 11) is 1.65. The van der Waals surface area contributed by atoms with E-state index >= 15 is 0 Å². The van der Waals surface area contributed by atoms with E-state index in [1.54, 1.807) is 7.11 Å². The van der Waals surface area contributed by atoms with Gasteiger partial charge >= 0.3 is 6.03 Å². The van der Waals surface area contributed by atoms with Crippen molar-refractivity contribution in [3.8, 4) is 0 Å². The predicted octanol–water partition coefficient (Wildman–Crippen LogP) is 2.63.